The van der Waals surface area contributed by atoms with E-state index in [4.69, 9.17) is 9.47 Å². The lowest BCUT2D eigenvalue weighted by molar-refractivity contribution is 0.0734. The molecule has 0 fully saturated rings. The van der Waals surface area contributed by atoms with Gasteiger partial charge in [-0.3, -0.25) is 4.79 Å². The third-order valence-corrected chi connectivity index (χ3v) is 4.05. The Morgan fingerprint density at radius 3 is 2.03 bits per heavy atom. The summed E-state index contributed by atoms with van der Waals surface area (Å²) in [7, 11) is 0. The maximum atomic E-state index is 12.9. The highest BCUT2D eigenvalue weighted by Gasteiger charge is 2.09. The molecule has 0 unspecified atom stereocenters. The van der Waals surface area contributed by atoms with Crippen LogP contribution in [0.15, 0.2) is 78.9 Å². The lowest BCUT2D eigenvalue weighted by Gasteiger charge is -2.05. The normalized spacial score (nSPS) is 10.7. The Balaban J connectivity index is 1.60. The number of ketones is 1. The minimum Gasteiger partial charge on any atom is -0.494 e. The van der Waals surface area contributed by atoms with E-state index in [2.05, 4.69) is 0 Å². The predicted molar refractivity (Wildman–Crippen MR) is 109 cm³/mol. The van der Waals surface area contributed by atoms with Crippen molar-refractivity contribution in [3.63, 3.8) is 0 Å². The van der Waals surface area contributed by atoms with Crippen LogP contribution in [0, 0.1) is 5.82 Å². The third-order valence-electron chi connectivity index (χ3n) is 4.05. The average Bonchev–Trinajstić information content (AvgIpc) is 2.74. The summed E-state index contributed by atoms with van der Waals surface area (Å²) in [5.74, 6) is -0.120. The second-order valence-electron chi connectivity index (χ2n) is 6.12. The molecule has 146 valence electrons. The summed E-state index contributed by atoms with van der Waals surface area (Å²) in [4.78, 5) is 24.4. The summed E-state index contributed by atoms with van der Waals surface area (Å²) in [5.41, 5.74) is 1.59. The van der Waals surface area contributed by atoms with Crippen LogP contribution in [0.1, 0.15) is 33.2 Å². The van der Waals surface area contributed by atoms with Crippen molar-refractivity contribution < 1.29 is 23.5 Å². The van der Waals surface area contributed by atoms with Crippen LogP contribution in [0.2, 0.25) is 0 Å². The number of hydrogen-bond acceptors (Lipinski definition) is 4. The molecule has 0 atom stereocenters. The molecule has 0 bridgehead atoms. The number of rotatable bonds is 7. The molecule has 4 nitrogen and oxygen atoms in total. The van der Waals surface area contributed by atoms with Gasteiger partial charge < -0.3 is 9.47 Å². The second-order valence-corrected chi connectivity index (χ2v) is 6.12. The zero-order valence-electron chi connectivity index (χ0n) is 15.8. The van der Waals surface area contributed by atoms with Gasteiger partial charge in [0.25, 0.3) is 0 Å². The molecular formula is C24H19FO4. The van der Waals surface area contributed by atoms with Crippen molar-refractivity contribution in [2.75, 3.05) is 6.61 Å². The maximum absolute atomic E-state index is 12.9. The lowest BCUT2D eigenvalue weighted by Crippen LogP contribution is -2.08. The van der Waals surface area contributed by atoms with Gasteiger partial charge in [-0.25, -0.2) is 9.18 Å². The van der Waals surface area contributed by atoms with E-state index in [1.54, 1.807) is 30.3 Å². The molecule has 0 saturated carbocycles. The van der Waals surface area contributed by atoms with Crippen LogP contribution in [-0.4, -0.2) is 18.4 Å². The molecule has 0 saturated heterocycles. The van der Waals surface area contributed by atoms with Crippen molar-refractivity contribution in [1.82, 2.24) is 0 Å². The fourth-order valence-electron chi connectivity index (χ4n) is 2.55. The molecule has 0 radical (unpaired) electrons. The second kappa shape index (κ2) is 9.46. The Hall–Kier alpha value is -3.73. The molecule has 0 N–H and O–H groups in total. The number of carbonyl (C=O) groups is 2. The SMILES string of the molecule is CCOc1ccc(/C=C/C(=O)c2ccc(OC(=O)c3ccc(F)cc3)cc2)cc1. The summed E-state index contributed by atoms with van der Waals surface area (Å²) in [6.07, 6.45) is 3.20. The van der Waals surface area contributed by atoms with Gasteiger partial charge in [0, 0.05) is 5.56 Å². The summed E-state index contributed by atoms with van der Waals surface area (Å²) in [6, 6.07) is 18.7. The number of ether oxygens (including phenoxy) is 2. The highest BCUT2D eigenvalue weighted by Crippen LogP contribution is 2.17. The van der Waals surface area contributed by atoms with Gasteiger partial charge in [0.1, 0.15) is 17.3 Å². The monoisotopic (exact) mass is 390 g/mol. The van der Waals surface area contributed by atoms with E-state index in [1.165, 1.54) is 30.3 Å². The number of benzene rings is 3. The number of halogens is 1. The first kappa shape index (κ1) is 20.0. The third kappa shape index (κ3) is 5.62. The summed E-state index contributed by atoms with van der Waals surface area (Å²) < 4.78 is 23.5. The molecule has 0 aliphatic heterocycles. The average molecular weight is 390 g/mol. The van der Waals surface area contributed by atoms with Crippen LogP contribution in [0.5, 0.6) is 11.5 Å². The molecule has 0 aliphatic carbocycles. The largest absolute Gasteiger partial charge is 0.494 e. The Morgan fingerprint density at radius 2 is 1.41 bits per heavy atom. The van der Waals surface area contributed by atoms with E-state index < -0.39 is 11.8 Å². The topological polar surface area (TPSA) is 52.6 Å². The highest BCUT2D eigenvalue weighted by atomic mass is 19.1. The molecule has 0 aliphatic rings. The van der Waals surface area contributed by atoms with Gasteiger partial charge in [-0.15, -0.1) is 0 Å². The predicted octanol–water partition coefficient (Wildman–Crippen LogP) is 5.34. The van der Waals surface area contributed by atoms with Crippen LogP contribution in [-0.2, 0) is 0 Å². The van der Waals surface area contributed by atoms with E-state index in [-0.39, 0.29) is 11.3 Å². The number of esters is 1. The Labute approximate surface area is 168 Å². The van der Waals surface area contributed by atoms with Crippen molar-refractivity contribution in [1.29, 1.82) is 0 Å². The first-order valence-electron chi connectivity index (χ1n) is 9.08. The quantitative estimate of drug-likeness (QED) is 0.236. The zero-order chi connectivity index (χ0) is 20.6. The lowest BCUT2D eigenvalue weighted by atomic mass is 10.1. The van der Waals surface area contributed by atoms with Gasteiger partial charge in [-0.05, 0) is 79.2 Å². The van der Waals surface area contributed by atoms with Gasteiger partial charge >= 0.3 is 5.97 Å². The van der Waals surface area contributed by atoms with Crippen molar-refractivity contribution >= 4 is 17.8 Å². The summed E-state index contributed by atoms with van der Waals surface area (Å²) in [6.45, 7) is 2.52. The van der Waals surface area contributed by atoms with Crippen LogP contribution in [0.25, 0.3) is 6.08 Å². The maximum Gasteiger partial charge on any atom is 0.343 e. The fraction of sp³-hybridized carbons (Fsp3) is 0.0833. The molecule has 5 heteroatoms. The van der Waals surface area contributed by atoms with Crippen LogP contribution in [0.3, 0.4) is 0 Å². The van der Waals surface area contributed by atoms with E-state index in [0.29, 0.717) is 17.9 Å². The number of allylic oxidation sites excluding steroid dienone is 1. The zero-order valence-corrected chi connectivity index (χ0v) is 15.8. The first-order valence-corrected chi connectivity index (χ1v) is 9.08. The Kier molecular flexibility index (Phi) is 6.53. The minimum atomic E-state index is -0.598. The Morgan fingerprint density at radius 1 is 0.828 bits per heavy atom. The van der Waals surface area contributed by atoms with E-state index >= 15 is 0 Å². The van der Waals surface area contributed by atoms with Gasteiger partial charge in [-0.1, -0.05) is 18.2 Å². The highest BCUT2D eigenvalue weighted by molar-refractivity contribution is 6.06. The molecule has 0 heterocycles. The molecule has 0 aromatic heterocycles. The summed E-state index contributed by atoms with van der Waals surface area (Å²) >= 11 is 0. The van der Waals surface area contributed by atoms with Gasteiger partial charge in [0.15, 0.2) is 5.78 Å². The van der Waals surface area contributed by atoms with Crippen molar-refractivity contribution in [3.05, 3.63) is 101 Å². The molecule has 3 rings (SSSR count). The molecule has 0 amide bonds. The Bertz CT molecular complexity index is 1000. The molecular weight excluding hydrogens is 371 g/mol. The summed E-state index contributed by atoms with van der Waals surface area (Å²) in [5, 5.41) is 0. The van der Waals surface area contributed by atoms with E-state index in [1.807, 2.05) is 31.2 Å². The fourth-order valence-corrected chi connectivity index (χ4v) is 2.55. The van der Waals surface area contributed by atoms with Crippen LogP contribution >= 0.6 is 0 Å². The molecule has 3 aromatic rings. The van der Waals surface area contributed by atoms with Crippen LogP contribution in [0.4, 0.5) is 4.39 Å². The van der Waals surface area contributed by atoms with Crippen molar-refractivity contribution in [2.24, 2.45) is 0 Å². The van der Waals surface area contributed by atoms with Gasteiger partial charge in [-0.2, -0.15) is 0 Å². The molecule has 29 heavy (non-hydrogen) atoms. The standard InChI is InChI=1S/C24H19FO4/c1-2-28-21-12-3-17(4-13-21)5-16-23(26)18-8-14-22(15-9-18)29-24(27)19-6-10-20(25)11-7-19/h3-16H,2H2,1H3/b16-5+. The van der Waals surface area contributed by atoms with E-state index in [9.17, 15) is 14.0 Å². The van der Waals surface area contributed by atoms with E-state index in [0.717, 1.165) is 11.3 Å². The number of carbonyl (C=O) groups excluding carboxylic acids is 2. The smallest absolute Gasteiger partial charge is 0.343 e. The van der Waals surface area contributed by atoms with Gasteiger partial charge in [0.2, 0.25) is 0 Å². The minimum absolute atomic E-state index is 0.171. The molecule has 0 spiro atoms. The van der Waals surface area contributed by atoms with Gasteiger partial charge in [0.05, 0.1) is 12.2 Å². The molecule has 3 aromatic carbocycles. The first-order chi connectivity index (χ1) is 14.0. The van der Waals surface area contributed by atoms with Crippen molar-refractivity contribution in [2.45, 2.75) is 6.92 Å². The number of hydrogen-bond donors (Lipinski definition) is 0. The van der Waals surface area contributed by atoms with Crippen molar-refractivity contribution in [3.8, 4) is 11.5 Å². The van der Waals surface area contributed by atoms with Crippen LogP contribution < -0.4 is 9.47 Å².